The van der Waals surface area contributed by atoms with Crippen LogP contribution in [0.4, 0.5) is 8.78 Å². The van der Waals surface area contributed by atoms with Crippen molar-refractivity contribution >= 4 is 26.8 Å². The number of carbonyl (C=O) groups excluding carboxylic acids is 1. The Labute approximate surface area is 218 Å². The zero-order valence-electron chi connectivity index (χ0n) is 22.1. The Morgan fingerprint density at radius 2 is 1.65 bits per heavy atom. The van der Waals surface area contributed by atoms with Crippen LogP contribution in [-0.4, -0.2) is 96.1 Å². The molecule has 37 heavy (non-hydrogen) atoms. The summed E-state index contributed by atoms with van der Waals surface area (Å²) in [5.41, 5.74) is 0.726. The first kappa shape index (κ1) is 27.8. The smallest absolute Gasteiger partial charge is 0.270 e. The lowest BCUT2D eigenvalue weighted by molar-refractivity contribution is 0.0679. The molecule has 0 radical (unpaired) electrons. The van der Waals surface area contributed by atoms with Crippen molar-refractivity contribution in [3.05, 3.63) is 30.0 Å². The molecule has 3 heterocycles. The zero-order valence-corrected chi connectivity index (χ0v) is 22.9. The van der Waals surface area contributed by atoms with E-state index in [0.717, 1.165) is 25.9 Å². The number of fused-ring (bicyclic) bond motifs is 1. The number of hydrogen-bond donors (Lipinski definition) is 0. The first-order valence-corrected chi connectivity index (χ1v) is 14.6. The monoisotopic (exact) mass is 540 g/mol. The lowest BCUT2D eigenvalue weighted by Gasteiger charge is -2.35. The fraction of sp³-hybridized carbons (Fsp3) is 0.654. The fourth-order valence-corrected chi connectivity index (χ4v) is 6.41. The van der Waals surface area contributed by atoms with Crippen molar-refractivity contribution in [3.8, 4) is 5.75 Å². The molecule has 2 saturated heterocycles. The highest BCUT2D eigenvalue weighted by molar-refractivity contribution is 7.89. The molecular weight excluding hydrogens is 502 g/mol. The summed E-state index contributed by atoms with van der Waals surface area (Å²) in [7, 11) is -3.41. The van der Waals surface area contributed by atoms with E-state index in [1.54, 1.807) is 36.9 Å². The number of halogens is 2. The number of rotatable bonds is 8. The van der Waals surface area contributed by atoms with E-state index in [2.05, 4.69) is 18.7 Å². The molecule has 1 aromatic heterocycles. The van der Waals surface area contributed by atoms with Gasteiger partial charge in [-0.3, -0.25) is 4.79 Å². The van der Waals surface area contributed by atoms with Gasteiger partial charge in [-0.2, -0.15) is 4.31 Å². The highest BCUT2D eigenvalue weighted by Crippen LogP contribution is 2.29. The van der Waals surface area contributed by atoms with E-state index in [0.29, 0.717) is 22.7 Å². The first-order chi connectivity index (χ1) is 17.5. The Bertz CT molecular complexity index is 1200. The van der Waals surface area contributed by atoms with Gasteiger partial charge >= 0.3 is 0 Å². The second-order valence-electron chi connectivity index (χ2n) is 10.5. The summed E-state index contributed by atoms with van der Waals surface area (Å²) in [6, 6.07) is 7.48. The summed E-state index contributed by atoms with van der Waals surface area (Å²) < 4.78 is 60.9. The number of carbonyl (C=O) groups is 1. The summed E-state index contributed by atoms with van der Waals surface area (Å²) in [5, 5.41) is 0.129. The topological polar surface area (TPSA) is 75.1 Å². The quantitative estimate of drug-likeness (QED) is 0.511. The van der Waals surface area contributed by atoms with Crippen LogP contribution in [0.1, 0.15) is 51.0 Å². The maximum Gasteiger partial charge on any atom is 0.270 e. The van der Waals surface area contributed by atoms with Crippen LogP contribution in [0.5, 0.6) is 5.75 Å². The number of likely N-dealkylation sites (tertiary alicyclic amines) is 1. The number of sulfonamides is 1. The second-order valence-corrected chi connectivity index (χ2v) is 13.0. The number of alkyl halides is 2. The van der Waals surface area contributed by atoms with E-state index in [1.807, 2.05) is 6.07 Å². The summed E-state index contributed by atoms with van der Waals surface area (Å²) in [6.07, 6.45) is -0.692. The van der Waals surface area contributed by atoms with Gasteiger partial charge in [0.1, 0.15) is 17.5 Å². The van der Waals surface area contributed by atoms with Gasteiger partial charge in [-0.25, -0.2) is 17.2 Å². The molecule has 2 aliphatic heterocycles. The standard InChI is InChI=1S/C26H38F2N4O4S/c1-18(2)29-9-7-21(8-10-29)36-22-5-6-23-20(15-22)16-24(32(23)17-25(27)28)26(33)30-11-13-31(14-12-30)37(34,35)19(3)4/h5-6,15-16,18-19,21,25H,7-14,17H2,1-4H3. The van der Waals surface area contributed by atoms with Gasteiger partial charge in [0.05, 0.1) is 11.8 Å². The number of piperidine rings is 1. The van der Waals surface area contributed by atoms with Crippen LogP contribution in [0, 0.1) is 0 Å². The average molecular weight is 541 g/mol. The third-order valence-electron chi connectivity index (χ3n) is 7.40. The lowest BCUT2D eigenvalue weighted by atomic mass is 10.1. The molecule has 2 aliphatic rings. The molecule has 0 N–H and O–H groups in total. The first-order valence-electron chi connectivity index (χ1n) is 13.1. The van der Waals surface area contributed by atoms with Crippen LogP contribution < -0.4 is 4.74 Å². The number of aromatic nitrogens is 1. The molecule has 1 aromatic carbocycles. The van der Waals surface area contributed by atoms with Crippen LogP contribution in [0.3, 0.4) is 0 Å². The number of piperazine rings is 1. The van der Waals surface area contributed by atoms with Gasteiger partial charge in [-0.05, 0) is 64.8 Å². The number of amides is 1. The summed E-state index contributed by atoms with van der Waals surface area (Å²) in [5.74, 6) is 0.290. The van der Waals surface area contributed by atoms with Gasteiger partial charge in [-0.1, -0.05) is 0 Å². The minimum atomic E-state index is -3.41. The van der Waals surface area contributed by atoms with E-state index < -0.39 is 28.2 Å². The molecule has 11 heteroatoms. The maximum atomic E-state index is 13.5. The zero-order chi connectivity index (χ0) is 26.9. The minimum Gasteiger partial charge on any atom is -0.490 e. The van der Waals surface area contributed by atoms with Crippen LogP contribution in [-0.2, 0) is 16.6 Å². The molecule has 8 nitrogen and oxygen atoms in total. The molecule has 0 atom stereocenters. The van der Waals surface area contributed by atoms with E-state index in [-0.39, 0.29) is 43.9 Å². The summed E-state index contributed by atoms with van der Waals surface area (Å²) in [6.45, 7) is 9.78. The summed E-state index contributed by atoms with van der Waals surface area (Å²) in [4.78, 5) is 17.4. The Balaban J connectivity index is 1.51. The third-order valence-corrected chi connectivity index (χ3v) is 9.68. The van der Waals surface area contributed by atoms with Gasteiger partial charge in [0, 0.05) is 56.2 Å². The Hall–Kier alpha value is -2.24. The molecule has 0 saturated carbocycles. The average Bonchev–Trinajstić information content (AvgIpc) is 3.20. The lowest BCUT2D eigenvalue weighted by Crippen LogP contribution is -2.52. The molecule has 4 rings (SSSR count). The van der Waals surface area contributed by atoms with Crippen LogP contribution in [0.25, 0.3) is 10.9 Å². The predicted octanol–water partition coefficient (Wildman–Crippen LogP) is 3.65. The van der Waals surface area contributed by atoms with Crippen molar-refractivity contribution in [2.75, 3.05) is 39.3 Å². The molecule has 2 aromatic rings. The predicted molar refractivity (Wildman–Crippen MR) is 140 cm³/mol. The van der Waals surface area contributed by atoms with Crippen LogP contribution in [0.15, 0.2) is 24.3 Å². The molecule has 0 aliphatic carbocycles. The number of nitrogens with zero attached hydrogens (tertiary/aromatic N) is 4. The Morgan fingerprint density at radius 1 is 1.00 bits per heavy atom. The van der Waals surface area contributed by atoms with Crippen molar-refractivity contribution in [3.63, 3.8) is 0 Å². The molecular formula is C26H38F2N4O4S. The van der Waals surface area contributed by atoms with Crippen molar-refractivity contribution in [1.82, 2.24) is 18.7 Å². The van der Waals surface area contributed by atoms with E-state index in [9.17, 15) is 22.0 Å². The SMILES string of the molecule is CC(C)N1CCC(Oc2ccc3c(c2)cc(C(=O)N2CCN(S(=O)(=O)C(C)C)CC2)n3CC(F)F)CC1. The van der Waals surface area contributed by atoms with E-state index in [4.69, 9.17) is 4.74 Å². The van der Waals surface area contributed by atoms with Crippen molar-refractivity contribution in [1.29, 1.82) is 0 Å². The molecule has 1 amide bonds. The largest absolute Gasteiger partial charge is 0.490 e. The van der Waals surface area contributed by atoms with Gasteiger partial charge in [0.2, 0.25) is 10.0 Å². The highest BCUT2D eigenvalue weighted by Gasteiger charge is 2.32. The molecule has 206 valence electrons. The van der Waals surface area contributed by atoms with E-state index in [1.165, 1.54) is 8.87 Å². The number of ether oxygens (including phenoxy) is 1. The van der Waals surface area contributed by atoms with Gasteiger partial charge in [0.15, 0.2) is 0 Å². The minimum absolute atomic E-state index is 0.0927. The van der Waals surface area contributed by atoms with Crippen LogP contribution in [0.2, 0.25) is 0 Å². The highest BCUT2D eigenvalue weighted by atomic mass is 32.2. The molecule has 2 fully saturated rings. The van der Waals surface area contributed by atoms with Crippen molar-refractivity contribution in [2.45, 2.75) is 70.9 Å². The fourth-order valence-electron chi connectivity index (χ4n) is 5.14. The van der Waals surface area contributed by atoms with Crippen molar-refractivity contribution < 1.29 is 26.7 Å². The van der Waals surface area contributed by atoms with Gasteiger partial charge < -0.3 is 19.1 Å². The van der Waals surface area contributed by atoms with Gasteiger partial charge in [0.25, 0.3) is 12.3 Å². The number of benzene rings is 1. The van der Waals surface area contributed by atoms with E-state index >= 15 is 0 Å². The third kappa shape index (κ3) is 6.09. The number of hydrogen-bond acceptors (Lipinski definition) is 5. The Kier molecular flexibility index (Phi) is 8.45. The molecule has 0 spiro atoms. The second kappa shape index (κ2) is 11.2. The molecule has 0 bridgehead atoms. The maximum absolute atomic E-state index is 13.5. The summed E-state index contributed by atoms with van der Waals surface area (Å²) >= 11 is 0. The van der Waals surface area contributed by atoms with Gasteiger partial charge in [-0.15, -0.1) is 0 Å². The molecule has 0 unspecified atom stereocenters. The normalized spacial score (nSPS) is 19.0. The van der Waals surface area contributed by atoms with Crippen molar-refractivity contribution in [2.24, 2.45) is 0 Å². The van der Waals surface area contributed by atoms with Crippen LogP contribution >= 0.6 is 0 Å². The Morgan fingerprint density at radius 3 is 2.22 bits per heavy atom.